The Bertz CT molecular complexity index is 745. The smallest absolute Gasteiger partial charge is 0.264 e. The second-order valence-corrected chi connectivity index (χ2v) is 6.55. The lowest BCUT2D eigenvalue weighted by molar-refractivity contribution is 0.0986. The van der Waals surface area contributed by atoms with E-state index in [1.54, 1.807) is 6.07 Å². The van der Waals surface area contributed by atoms with Gasteiger partial charge in [-0.2, -0.15) is 5.10 Å². The van der Waals surface area contributed by atoms with E-state index in [1.165, 1.54) is 31.9 Å². The Morgan fingerprint density at radius 3 is 2.72 bits per heavy atom. The molecule has 3 rings (SSSR count). The molecule has 0 unspecified atom stereocenters. The summed E-state index contributed by atoms with van der Waals surface area (Å²) in [6.07, 6.45) is 8.66. The maximum Gasteiger partial charge on any atom is 0.264 e. The molecule has 0 aliphatic carbocycles. The third-order valence-corrected chi connectivity index (χ3v) is 4.51. The van der Waals surface area contributed by atoms with E-state index >= 15 is 0 Å². The normalized spacial score (nSPS) is 13.0. The molecule has 5 nitrogen and oxygen atoms in total. The molecule has 2 heterocycles. The highest BCUT2D eigenvalue weighted by Crippen LogP contribution is 2.38. The van der Waals surface area contributed by atoms with Crippen molar-refractivity contribution >= 4 is 11.6 Å². The Kier molecular flexibility index (Phi) is 5.64. The first-order valence-electron chi connectivity index (χ1n) is 9.12. The second-order valence-electron chi connectivity index (χ2n) is 6.55. The highest BCUT2D eigenvalue weighted by atomic mass is 16.5. The average molecular weight is 339 g/mol. The number of carbonyl (C=O) groups excluding carboxylic acids is 1. The number of aromatic nitrogens is 2. The van der Waals surface area contributed by atoms with Crippen LogP contribution >= 0.6 is 0 Å². The number of amides is 1. The largest absolute Gasteiger partial charge is 0.435 e. The van der Waals surface area contributed by atoms with Gasteiger partial charge in [-0.3, -0.25) is 4.79 Å². The second kappa shape index (κ2) is 8.10. The van der Waals surface area contributed by atoms with Gasteiger partial charge >= 0.3 is 0 Å². The predicted molar refractivity (Wildman–Crippen MR) is 98.3 cm³/mol. The van der Waals surface area contributed by atoms with Crippen molar-refractivity contribution in [2.45, 2.75) is 52.4 Å². The van der Waals surface area contributed by atoms with Crippen LogP contribution < -0.4 is 9.64 Å². The minimum absolute atomic E-state index is 0.0685. The molecule has 1 aromatic carbocycles. The third-order valence-electron chi connectivity index (χ3n) is 4.51. The van der Waals surface area contributed by atoms with Crippen LogP contribution in [0.5, 0.6) is 11.6 Å². The van der Waals surface area contributed by atoms with Gasteiger partial charge in [-0.15, -0.1) is 5.10 Å². The van der Waals surface area contributed by atoms with Crippen LogP contribution in [-0.2, 0) is 0 Å². The maximum absolute atomic E-state index is 13.0. The van der Waals surface area contributed by atoms with E-state index < -0.39 is 0 Å². The molecule has 1 aliphatic heterocycles. The molecule has 5 heteroatoms. The summed E-state index contributed by atoms with van der Waals surface area (Å²) < 4.78 is 5.91. The summed E-state index contributed by atoms with van der Waals surface area (Å²) in [6, 6.07) is 7.59. The van der Waals surface area contributed by atoms with Gasteiger partial charge in [0.15, 0.2) is 5.75 Å². The Morgan fingerprint density at radius 1 is 1.08 bits per heavy atom. The van der Waals surface area contributed by atoms with Gasteiger partial charge in [0.05, 0.1) is 11.9 Å². The molecule has 25 heavy (non-hydrogen) atoms. The van der Waals surface area contributed by atoms with Crippen molar-refractivity contribution in [3.63, 3.8) is 0 Å². The highest BCUT2D eigenvalue weighted by Gasteiger charge is 2.28. The van der Waals surface area contributed by atoms with Crippen LogP contribution in [0.15, 0.2) is 30.5 Å². The summed E-state index contributed by atoms with van der Waals surface area (Å²) in [4.78, 5) is 14.9. The number of aryl methyl sites for hydroxylation is 1. The lowest BCUT2D eigenvalue weighted by atomic mass is 10.1. The number of fused-ring (bicyclic) bond motifs is 2. The first-order chi connectivity index (χ1) is 12.2. The summed E-state index contributed by atoms with van der Waals surface area (Å²) in [5.41, 5.74) is 2.36. The summed E-state index contributed by atoms with van der Waals surface area (Å²) in [5.74, 6) is 0.879. The number of carbonyl (C=O) groups is 1. The van der Waals surface area contributed by atoms with Crippen LogP contribution in [0, 0.1) is 6.92 Å². The van der Waals surface area contributed by atoms with E-state index in [9.17, 15) is 4.79 Å². The minimum atomic E-state index is -0.0685. The zero-order valence-corrected chi connectivity index (χ0v) is 15.0. The Balaban J connectivity index is 1.82. The zero-order chi connectivity index (χ0) is 17.6. The first kappa shape index (κ1) is 17.4. The average Bonchev–Trinajstić information content (AvgIpc) is 2.73. The first-order valence-corrected chi connectivity index (χ1v) is 9.12. The van der Waals surface area contributed by atoms with E-state index in [0.717, 1.165) is 24.1 Å². The topological polar surface area (TPSA) is 55.3 Å². The van der Waals surface area contributed by atoms with Crippen LogP contribution in [0.1, 0.15) is 61.4 Å². The summed E-state index contributed by atoms with van der Waals surface area (Å²) >= 11 is 0. The van der Waals surface area contributed by atoms with Gasteiger partial charge in [-0.1, -0.05) is 45.1 Å². The number of hydrogen-bond donors (Lipinski definition) is 0. The lowest BCUT2D eigenvalue weighted by Crippen LogP contribution is -2.31. The van der Waals surface area contributed by atoms with Crippen LogP contribution in [0.3, 0.4) is 0 Å². The molecule has 1 aromatic heterocycles. The number of unbranched alkanes of at least 4 members (excludes halogenated alkanes) is 5. The Hall–Kier alpha value is -2.43. The van der Waals surface area contributed by atoms with E-state index in [-0.39, 0.29) is 11.8 Å². The number of benzene rings is 1. The van der Waals surface area contributed by atoms with E-state index in [1.807, 2.05) is 30.0 Å². The van der Waals surface area contributed by atoms with Gasteiger partial charge in [0, 0.05) is 6.54 Å². The summed E-state index contributed by atoms with van der Waals surface area (Å²) in [6.45, 7) is 4.91. The predicted octanol–water partition coefficient (Wildman–Crippen LogP) is 4.90. The fourth-order valence-corrected chi connectivity index (χ4v) is 3.11. The van der Waals surface area contributed by atoms with Gasteiger partial charge < -0.3 is 9.64 Å². The molecule has 0 saturated heterocycles. The van der Waals surface area contributed by atoms with E-state index in [0.29, 0.717) is 17.9 Å². The van der Waals surface area contributed by atoms with Crippen molar-refractivity contribution < 1.29 is 9.53 Å². The van der Waals surface area contributed by atoms with Crippen molar-refractivity contribution in [1.29, 1.82) is 0 Å². The summed E-state index contributed by atoms with van der Waals surface area (Å²) in [5, 5.41) is 7.86. The van der Waals surface area contributed by atoms with Crippen molar-refractivity contribution in [1.82, 2.24) is 10.2 Å². The molecule has 0 radical (unpaired) electrons. The molecule has 0 fully saturated rings. The number of rotatable bonds is 7. The lowest BCUT2D eigenvalue weighted by Gasteiger charge is -2.22. The van der Waals surface area contributed by atoms with E-state index in [4.69, 9.17) is 4.74 Å². The molecule has 132 valence electrons. The molecule has 0 N–H and O–H groups in total. The third kappa shape index (κ3) is 3.98. The Morgan fingerprint density at radius 2 is 1.88 bits per heavy atom. The zero-order valence-electron chi connectivity index (χ0n) is 15.0. The molecular formula is C20H25N3O2. The van der Waals surface area contributed by atoms with Crippen LogP contribution in [0.25, 0.3) is 0 Å². The van der Waals surface area contributed by atoms with Crippen molar-refractivity contribution in [3.8, 4) is 11.6 Å². The molecule has 0 atom stereocenters. The van der Waals surface area contributed by atoms with Crippen molar-refractivity contribution in [2.75, 3.05) is 11.4 Å². The van der Waals surface area contributed by atoms with Gasteiger partial charge in [-0.25, -0.2) is 0 Å². The standard InChI is InChI=1S/C20H25N3O2/c1-3-4-5-6-7-8-13-23-17-10-9-15(2)14-18(17)25-19-16(20(23)24)11-12-21-22-19/h9-12,14H,3-8,13H2,1-2H3. The molecule has 0 bridgehead atoms. The SMILES string of the molecule is CCCCCCCCN1C(=O)c2ccnnc2Oc2cc(C)ccc21. The van der Waals surface area contributed by atoms with Gasteiger partial charge in [0.1, 0.15) is 5.56 Å². The van der Waals surface area contributed by atoms with Crippen LogP contribution in [0.4, 0.5) is 5.69 Å². The van der Waals surface area contributed by atoms with Gasteiger partial charge in [0.2, 0.25) is 0 Å². The molecule has 0 saturated carbocycles. The monoisotopic (exact) mass is 339 g/mol. The number of ether oxygens (including phenoxy) is 1. The summed E-state index contributed by atoms with van der Waals surface area (Å²) in [7, 11) is 0. The quantitative estimate of drug-likeness (QED) is 0.673. The maximum atomic E-state index is 13.0. The molecular weight excluding hydrogens is 314 g/mol. The number of nitrogens with zero attached hydrogens (tertiary/aromatic N) is 3. The fourth-order valence-electron chi connectivity index (χ4n) is 3.11. The molecule has 2 aromatic rings. The van der Waals surface area contributed by atoms with Gasteiger partial charge in [0.25, 0.3) is 11.8 Å². The molecule has 1 amide bonds. The van der Waals surface area contributed by atoms with Crippen molar-refractivity contribution in [3.05, 3.63) is 41.6 Å². The fraction of sp³-hybridized carbons (Fsp3) is 0.450. The molecule has 1 aliphatic rings. The Labute approximate surface area is 149 Å². The van der Waals surface area contributed by atoms with E-state index in [2.05, 4.69) is 17.1 Å². The number of anilines is 1. The van der Waals surface area contributed by atoms with Gasteiger partial charge in [-0.05, 0) is 37.1 Å². The molecule has 0 spiro atoms. The minimum Gasteiger partial charge on any atom is -0.435 e. The highest BCUT2D eigenvalue weighted by molar-refractivity contribution is 6.09. The van der Waals surface area contributed by atoms with Crippen LogP contribution in [-0.4, -0.2) is 22.6 Å². The van der Waals surface area contributed by atoms with Crippen LogP contribution in [0.2, 0.25) is 0 Å². The van der Waals surface area contributed by atoms with Crippen molar-refractivity contribution in [2.24, 2.45) is 0 Å². The number of hydrogen-bond acceptors (Lipinski definition) is 4.